The molecule has 0 aliphatic rings. The highest BCUT2D eigenvalue weighted by atomic mass is 16.2. The maximum atomic E-state index is 11.5. The Morgan fingerprint density at radius 1 is 1.59 bits per heavy atom. The van der Waals surface area contributed by atoms with E-state index >= 15 is 0 Å². The number of hydrogen-bond donors (Lipinski definition) is 3. The Balaban J connectivity index is 2.62. The molecule has 0 fully saturated rings. The molecule has 0 bridgehead atoms. The SMILES string of the molecule is CC(C(=O)NC(N)=O)n1cc(CCCN)nn1. The van der Waals surface area contributed by atoms with Crippen molar-refractivity contribution in [3.8, 4) is 0 Å². The molecule has 1 rings (SSSR count). The Bertz CT molecular complexity index is 402. The molecule has 8 nitrogen and oxygen atoms in total. The maximum absolute atomic E-state index is 11.5. The van der Waals surface area contributed by atoms with Gasteiger partial charge in [0.15, 0.2) is 0 Å². The van der Waals surface area contributed by atoms with Gasteiger partial charge in [0.25, 0.3) is 5.91 Å². The molecule has 1 aromatic heterocycles. The van der Waals surface area contributed by atoms with Crippen molar-refractivity contribution in [1.29, 1.82) is 0 Å². The van der Waals surface area contributed by atoms with Gasteiger partial charge in [-0.1, -0.05) is 5.21 Å². The number of nitrogens with two attached hydrogens (primary N) is 2. The largest absolute Gasteiger partial charge is 0.351 e. The summed E-state index contributed by atoms with van der Waals surface area (Å²) in [5.41, 5.74) is 11.0. The van der Waals surface area contributed by atoms with Crippen LogP contribution >= 0.6 is 0 Å². The smallest absolute Gasteiger partial charge is 0.318 e. The number of hydrogen-bond acceptors (Lipinski definition) is 5. The van der Waals surface area contributed by atoms with Gasteiger partial charge in [-0.05, 0) is 26.3 Å². The van der Waals surface area contributed by atoms with E-state index in [4.69, 9.17) is 11.5 Å². The van der Waals surface area contributed by atoms with Crippen molar-refractivity contribution in [2.24, 2.45) is 11.5 Å². The molecular weight excluding hydrogens is 224 g/mol. The van der Waals surface area contributed by atoms with Crippen LogP contribution in [0.15, 0.2) is 6.20 Å². The molecule has 0 aliphatic heterocycles. The normalized spacial score (nSPS) is 12.1. The summed E-state index contributed by atoms with van der Waals surface area (Å²) in [5.74, 6) is -0.521. The number of aromatic nitrogens is 3. The zero-order chi connectivity index (χ0) is 12.8. The van der Waals surface area contributed by atoms with Gasteiger partial charge in [-0.2, -0.15) is 0 Å². The fraction of sp³-hybridized carbons (Fsp3) is 0.556. The van der Waals surface area contributed by atoms with E-state index in [9.17, 15) is 9.59 Å². The lowest BCUT2D eigenvalue weighted by Crippen LogP contribution is -2.39. The molecule has 1 atom stereocenters. The topological polar surface area (TPSA) is 129 Å². The standard InChI is InChI=1S/C9H16N6O2/c1-6(8(16)12-9(11)17)15-5-7(13-14-15)3-2-4-10/h5-6H,2-4,10H2,1H3,(H3,11,12,16,17). The highest BCUT2D eigenvalue weighted by molar-refractivity contribution is 5.95. The summed E-state index contributed by atoms with van der Waals surface area (Å²) in [6.45, 7) is 2.17. The zero-order valence-corrected chi connectivity index (χ0v) is 9.59. The molecule has 0 saturated heterocycles. The van der Waals surface area contributed by atoms with Crippen molar-refractivity contribution in [2.75, 3.05) is 6.54 Å². The first-order valence-corrected chi connectivity index (χ1v) is 5.25. The lowest BCUT2D eigenvalue weighted by molar-refractivity contribution is -0.123. The quantitative estimate of drug-likeness (QED) is 0.603. The minimum Gasteiger partial charge on any atom is -0.351 e. The summed E-state index contributed by atoms with van der Waals surface area (Å²) >= 11 is 0. The highest BCUT2D eigenvalue weighted by Gasteiger charge is 2.17. The van der Waals surface area contributed by atoms with Crippen LogP contribution < -0.4 is 16.8 Å². The number of carbonyl (C=O) groups excluding carboxylic acids is 2. The summed E-state index contributed by atoms with van der Waals surface area (Å²) in [4.78, 5) is 22.0. The zero-order valence-electron chi connectivity index (χ0n) is 9.59. The van der Waals surface area contributed by atoms with E-state index in [1.165, 1.54) is 4.68 Å². The number of urea groups is 1. The minimum atomic E-state index is -0.884. The number of imide groups is 1. The third kappa shape index (κ3) is 3.83. The van der Waals surface area contributed by atoms with Crippen molar-refractivity contribution in [3.05, 3.63) is 11.9 Å². The highest BCUT2D eigenvalue weighted by Crippen LogP contribution is 2.05. The summed E-state index contributed by atoms with van der Waals surface area (Å²) < 4.78 is 1.38. The number of aryl methyl sites for hydroxylation is 1. The van der Waals surface area contributed by atoms with Crippen LogP contribution in [-0.4, -0.2) is 33.5 Å². The fourth-order valence-corrected chi connectivity index (χ4v) is 1.25. The molecule has 0 radical (unpaired) electrons. The molecule has 0 aliphatic carbocycles. The number of amides is 3. The first-order valence-electron chi connectivity index (χ1n) is 5.25. The predicted octanol–water partition coefficient (Wildman–Crippen LogP) is -1.07. The molecule has 3 amide bonds. The van der Waals surface area contributed by atoms with E-state index in [1.54, 1.807) is 13.1 Å². The fourth-order valence-electron chi connectivity index (χ4n) is 1.25. The second kappa shape index (κ2) is 5.94. The van der Waals surface area contributed by atoms with Crippen LogP contribution in [0.25, 0.3) is 0 Å². The molecule has 1 heterocycles. The molecule has 0 aromatic carbocycles. The summed E-state index contributed by atoms with van der Waals surface area (Å²) in [6, 6.07) is -1.52. The average Bonchev–Trinajstić information content (AvgIpc) is 2.72. The summed E-state index contributed by atoms with van der Waals surface area (Å²) in [5, 5.41) is 9.69. The van der Waals surface area contributed by atoms with Crippen LogP contribution in [0, 0.1) is 0 Å². The van der Waals surface area contributed by atoms with E-state index in [0.29, 0.717) is 13.0 Å². The Morgan fingerprint density at radius 3 is 2.88 bits per heavy atom. The Kier molecular flexibility index (Phi) is 4.58. The number of primary amides is 1. The van der Waals surface area contributed by atoms with E-state index in [-0.39, 0.29) is 0 Å². The first kappa shape index (κ1) is 13.1. The van der Waals surface area contributed by atoms with Crippen molar-refractivity contribution < 1.29 is 9.59 Å². The Morgan fingerprint density at radius 2 is 2.29 bits per heavy atom. The van der Waals surface area contributed by atoms with Gasteiger partial charge in [-0.25, -0.2) is 9.48 Å². The van der Waals surface area contributed by atoms with E-state index in [2.05, 4.69) is 10.3 Å². The van der Waals surface area contributed by atoms with Crippen LogP contribution in [0.2, 0.25) is 0 Å². The van der Waals surface area contributed by atoms with Gasteiger partial charge in [0, 0.05) is 6.20 Å². The van der Waals surface area contributed by atoms with Crippen molar-refractivity contribution >= 4 is 11.9 Å². The number of nitrogens with zero attached hydrogens (tertiary/aromatic N) is 3. The van der Waals surface area contributed by atoms with Gasteiger partial charge in [0.2, 0.25) is 0 Å². The third-order valence-corrected chi connectivity index (χ3v) is 2.22. The van der Waals surface area contributed by atoms with E-state index in [0.717, 1.165) is 12.1 Å². The average molecular weight is 240 g/mol. The van der Waals surface area contributed by atoms with Gasteiger partial charge < -0.3 is 11.5 Å². The molecule has 1 unspecified atom stereocenters. The third-order valence-electron chi connectivity index (χ3n) is 2.22. The van der Waals surface area contributed by atoms with Crippen molar-refractivity contribution in [2.45, 2.75) is 25.8 Å². The van der Waals surface area contributed by atoms with Crippen LogP contribution in [-0.2, 0) is 11.2 Å². The second-order valence-electron chi connectivity index (χ2n) is 3.61. The van der Waals surface area contributed by atoms with Crippen LogP contribution in [0.4, 0.5) is 4.79 Å². The Labute approximate surface area is 98.3 Å². The molecule has 17 heavy (non-hydrogen) atoms. The molecule has 0 spiro atoms. The minimum absolute atomic E-state index is 0.521. The van der Waals surface area contributed by atoms with Gasteiger partial charge in [-0.15, -0.1) is 5.10 Å². The van der Waals surface area contributed by atoms with Gasteiger partial charge >= 0.3 is 6.03 Å². The molecule has 1 aromatic rings. The molecule has 94 valence electrons. The lowest BCUT2D eigenvalue weighted by atomic mass is 10.2. The first-order chi connectivity index (χ1) is 8.04. The number of nitrogens with one attached hydrogen (secondary N) is 1. The van der Waals surface area contributed by atoms with Crippen LogP contribution in [0.1, 0.15) is 25.1 Å². The van der Waals surface area contributed by atoms with Crippen LogP contribution in [0.3, 0.4) is 0 Å². The predicted molar refractivity (Wildman–Crippen MR) is 59.8 cm³/mol. The Hall–Kier alpha value is -1.96. The monoisotopic (exact) mass is 240 g/mol. The van der Waals surface area contributed by atoms with E-state index in [1.807, 2.05) is 5.32 Å². The van der Waals surface area contributed by atoms with Crippen molar-refractivity contribution in [3.63, 3.8) is 0 Å². The second-order valence-corrected chi connectivity index (χ2v) is 3.61. The number of rotatable bonds is 5. The molecular formula is C9H16N6O2. The van der Waals surface area contributed by atoms with Crippen molar-refractivity contribution in [1.82, 2.24) is 20.3 Å². The maximum Gasteiger partial charge on any atom is 0.318 e. The molecule has 0 saturated carbocycles. The molecule has 8 heteroatoms. The van der Waals surface area contributed by atoms with Gasteiger partial charge in [-0.3, -0.25) is 10.1 Å². The van der Waals surface area contributed by atoms with Gasteiger partial charge in [0.05, 0.1) is 5.69 Å². The summed E-state index contributed by atoms with van der Waals surface area (Å²) in [7, 11) is 0. The molecule has 5 N–H and O–H groups in total. The van der Waals surface area contributed by atoms with Crippen LogP contribution in [0.5, 0.6) is 0 Å². The van der Waals surface area contributed by atoms with E-state index < -0.39 is 18.0 Å². The summed E-state index contributed by atoms with van der Waals surface area (Å²) in [6.07, 6.45) is 3.17. The van der Waals surface area contributed by atoms with Gasteiger partial charge in [0.1, 0.15) is 6.04 Å². The number of carbonyl (C=O) groups is 2. The lowest BCUT2D eigenvalue weighted by Gasteiger charge is -2.09.